The molecule has 1 atom stereocenters. The normalized spacial score (nSPS) is 19.2. The fourth-order valence-corrected chi connectivity index (χ4v) is 3.05. The van der Waals surface area contributed by atoms with E-state index < -0.39 is 0 Å². The highest BCUT2D eigenvalue weighted by Gasteiger charge is 2.25. The average Bonchev–Trinajstić information content (AvgIpc) is 2.51. The summed E-state index contributed by atoms with van der Waals surface area (Å²) in [5.74, 6) is 0.888. The molecule has 0 aliphatic carbocycles. The van der Waals surface area contributed by atoms with Gasteiger partial charge in [0.15, 0.2) is 0 Å². The van der Waals surface area contributed by atoms with Crippen LogP contribution in [0.4, 0.5) is 0 Å². The SMILES string of the molecule is CC1CN(C(=O)CCOc2ccccc2Br)CCN1CCO. The standard InChI is InChI=1S/C16H23BrN2O3/c1-13-12-19(8-7-18(13)9-10-20)16(21)6-11-22-15-5-3-2-4-14(15)17/h2-5,13,20H,6-12H2,1H3. The van der Waals surface area contributed by atoms with Crippen molar-refractivity contribution < 1.29 is 14.6 Å². The van der Waals surface area contributed by atoms with Crippen molar-refractivity contribution in [3.05, 3.63) is 28.7 Å². The largest absolute Gasteiger partial charge is 0.492 e. The van der Waals surface area contributed by atoms with Gasteiger partial charge in [-0.15, -0.1) is 0 Å². The minimum Gasteiger partial charge on any atom is -0.492 e. The van der Waals surface area contributed by atoms with Gasteiger partial charge in [0, 0.05) is 32.2 Å². The Labute approximate surface area is 140 Å². The Morgan fingerprint density at radius 2 is 2.18 bits per heavy atom. The number of halogens is 1. The minimum absolute atomic E-state index is 0.127. The van der Waals surface area contributed by atoms with E-state index in [4.69, 9.17) is 9.84 Å². The average molecular weight is 371 g/mol. The molecule has 0 spiro atoms. The Morgan fingerprint density at radius 1 is 1.41 bits per heavy atom. The molecular weight excluding hydrogens is 348 g/mol. The maximum Gasteiger partial charge on any atom is 0.226 e. The molecule has 1 aromatic rings. The third-order valence-electron chi connectivity index (χ3n) is 3.92. The molecule has 1 N–H and O–H groups in total. The molecule has 0 aromatic heterocycles. The van der Waals surface area contributed by atoms with E-state index in [1.807, 2.05) is 29.2 Å². The molecule has 2 rings (SSSR count). The Balaban J connectivity index is 1.75. The number of hydrogen-bond acceptors (Lipinski definition) is 4. The van der Waals surface area contributed by atoms with E-state index in [0.29, 0.717) is 26.1 Å². The van der Waals surface area contributed by atoms with Crippen LogP contribution in [0.3, 0.4) is 0 Å². The lowest BCUT2D eigenvalue weighted by molar-refractivity contribution is -0.134. The summed E-state index contributed by atoms with van der Waals surface area (Å²) in [5.41, 5.74) is 0. The number of hydrogen-bond donors (Lipinski definition) is 1. The summed E-state index contributed by atoms with van der Waals surface area (Å²) >= 11 is 3.42. The number of aliphatic hydroxyl groups excluding tert-OH is 1. The van der Waals surface area contributed by atoms with Gasteiger partial charge in [-0.25, -0.2) is 0 Å². The summed E-state index contributed by atoms with van der Waals surface area (Å²) in [4.78, 5) is 16.4. The molecule has 6 heteroatoms. The van der Waals surface area contributed by atoms with Crippen LogP contribution in [0.15, 0.2) is 28.7 Å². The molecule has 1 saturated heterocycles. The summed E-state index contributed by atoms with van der Waals surface area (Å²) in [5, 5.41) is 9.02. The predicted octanol–water partition coefficient (Wildman–Crippen LogP) is 1.74. The molecule has 22 heavy (non-hydrogen) atoms. The molecule has 1 amide bonds. The van der Waals surface area contributed by atoms with Gasteiger partial charge in [0.25, 0.3) is 0 Å². The number of piperazine rings is 1. The van der Waals surface area contributed by atoms with Gasteiger partial charge < -0.3 is 14.7 Å². The van der Waals surface area contributed by atoms with Crippen LogP contribution in [-0.2, 0) is 4.79 Å². The summed E-state index contributed by atoms with van der Waals surface area (Å²) in [7, 11) is 0. The highest BCUT2D eigenvalue weighted by Crippen LogP contribution is 2.23. The van der Waals surface area contributed by atoms with Gasteiger partial charge in [0.2, 0.25) is 5.91 Å². The Morgan fingerprint density at radius 3 is 2.86 bits per heavy atom. The van der Waals surface area contributed by atoms with Gasteiger partial charge in [-0.05, 0) is 35.0 Å². The van der Waals surface area contributed by atoms with Gasteiger partial charge in [0.1, 0.15) is 5.75 Å². The lowest BCUT2D eigenvalue weighted by Crippen LogP contribution is -2.54. The fraction of sp³-hybridized carbons (Fsp3) is 0.562. The third kappa shape index (κ3) is 4.69. The van der Waals surface area contributed by atoms with Gasteiger partial charge in [-0.3, -0.25) is 9.69 Å². The van der Waals surface area contributed by atoms with E-state index in [1.54, 1.807) is 0 Å². The van der Waals surface area contributed by atoms with Crippen molar-refractivity contribution in [1.29, 1.82) is 0 Å². The molecule has 1 heterocycles. The fourth-order valence-electron chi connectivity index (χ4n) is 2.65. The zero-order chi connectivity index (χ0) is 15.9. The van der Waals surface area contributed by atoms with Crippen molar-refractivity contribution in [2.45, 2.75) is 19.4 Å². The molecule has 0 saturated carbocycles. The Kier molecular flexibility index (Phi) is 6.67. The lowest BCUT2D eigenvalue weighted by atomic mass is 10.2. The highest BCUT2D eigenvalue weighted by atomic mass is 79.9. The summed E-state index contributed by atoms with van der Waals surface area (Å²) in [6, 6.07) is 7.91. The zero-order valence-electron chi connectivity index (χ0n) is 12.9. The second-order valence-corrected chi connectivity index (χ2v) is 6.33. The second-order valence-electron chi connectivity index (χ2n) is 5.48. The van der Waals surface area contributed by atoms with Crippen molar-refractivity contribution in [3.63, 3.8) is 0 Å². The number of β-amino-alcohol motifs (C(OH)–C–C–N with tert-alkyl or cyclic N) is 1. The molecule has 1 aliphatic heterocycles. The van der Waals surface area contributed by atoms with Crippen LogP contribution < -0.4 is 4.74 Å². The van der Waals surface area contributed by atoms with Crippen LogP contribution in [0.25, 0.3) is 0 Å². The second kappa shape index (κ2) is 8.50. The van der Waals surface area contributed by atoms with E-state index in [2.05, 4.69) is 27.8 Å². The van der Waals surface area contributed by atoms with Gasteiger partial charge in [-0.2, -0.15) is 0 Å². The molecule has 0 radical (unpaired) electrons. The molecule has 1 unspecified atom stereocenters. The molecule has 1 aromatic carbocycles. The monoisotopic (exact) mass is 370 g/mol. The first-order chi connectivity index (χ1) is 10.6. The first-order valence-electron chi connectivity index (χ1n) is 7.62. The lowest BCUT2D eigenvalue weighted by Gasteiger charge is -2.39. The smallest absolute Gasteiger partial charge is 0.226 e. The van der Waals surface area contributed by atoms with Crippen LogP contribution in [-0.4, -0.2) is 66.2 Å². The van der Waals surface area contributed by atoms with Crippen molar-refractivity contribution >= 4 is 21.8 Å². The minimum atomic E-state index is 0.127. The summed E-state index contributed by atoms with van der Waals surface area (Å²) < 4.78 is 6.54. The number of amides is 1. The van der Waals surface area contributed by atoms with Gasteiger partial charge >= 0.3 is 0 Å². The number of benzene rings is 1. The number of aliphatic hydroxyl groups is 1. The molecule has 0 bridgehead atoms. The quantitative estimate of drug-likeness (QED) is 0.828. The van der Waals surface area contributed by atoms with E-state index in [1.165, 1.54) is 0 Å². The van der Waals surface area contributed by atoms with E-state index >= 15 is 0 Å². The highest BCUT2D eigenvalue weighted by molar-refractivity contribution is 9.10. The number of nitrogens with zero attached hydrogens (tertiary/aromatic N) is 2. The number of rotatable bonds is 6. The molecular formula is C16H23BrN2O3. The van der Waals surface area contributed by atoms with E-state index in [9.17, 15) is 4.79 Å². The van der Waals surface area contributed by atoms with Crippen molar-refractivity contribution in [1.82, 2.24) is 9.80 Å². The van der Waals surface area contributed by atoms with Crippen LogP contribution >= 0.6 is 15.9 Å². The van der Waals surface area contributed by atoms with Crippen molar-refractivity contribution in [2.24, 2.45) is 0 Å². The van der Waals surface area contributed by atoms with Crippen molar-refractivity contribution in [3.8, 4) is 5.75 Å². The summed E-state index contributed by atoms with van der Waals surface area (Å²) in [6.45, 7) is 5.57. The van der Waals surface area contributed by atoms with Crippen molar-refractivity contribution in [2.75, 3.05) is 39.4 Å². The van der Waals surface area contributed by atoms with E-state index in [0.717, 1.165) is 23.3 Å². The molecule has 122 valence electrons. The van der Waals surface area contributed by atoms with Crippen LogP contribution in [0.1, 0.15) is 13.3 Å². The number of para-hydroxylation sites is 1. The number of carbonyl (C=O) groups excluding carboxylic acids is 1. The molecule has 1 fully saturated rings. The van der Waals surface area contributed by atoms with Crippen LogP contribution in [0.5, 0.6) is 5.75 Å². The Hall–Kier alpha value is -1.11. The molecule has 1 aliphatic rings. The van der Waals surface area contributed by atoms with Crippen LogP contribution in [0, 0.1) is 0 Å². The third-order valence-corrected chi connectivity index (χ3v) is 4.57. The maximum absolute atomic E-state index is 12.2. The summed E-state index contributed by atoms with van der Waals surface area (Å²) in [6.07, 6.45) is 0.383. The van der Waals surface area contributed by atoms with Gasteiger partial charge in [0.05, 0.1) is 24.1 Å². The number of ether oxygens (including phenoxy) is 1. The molecule has 5 nitrogen and oxygen atoms in total. The van der Waals surface area contributed by atoms with E-state index in [-0.39, 0.29) is 18.6 Å². The zero-order valence-corrected chi connectivity index (χ0v) is 14.5. The predicted molar refractivity (Wildman–Crippen MR) is 89.0 cm³/mol. The topological polar surface area (TPSA) is 53.0 Å². The Bertz CT molecular complexity index is 498. The van der Waals surface area contributed by atoms with Gasteiger partial charge in [-0.1, -0.05) is 12.1 Å². The first-order valence-corrected chi connectivity index (χ1v) is 8.41. The first kappa shape index (κ1) is 17.2. The maximum atomic E-state index is 12.2. The number of carbonyl (C=O) groups is 1. The van der Waals surface area contributed by atoms with Crippen LogP contribution in [0.2, 0.25) is 0 Å².